The first kappa shape index (κ1) is 5.06. The van der Waals surface area contributed by atoms with Crippen molar-refractivity contribution >= 4 is 0 Å². The largest absolute Gasteiger partial charge is 0.301 e. The summed E-state index contributed by atoms with van der Waals surface area (Å²) in [4.78, 5) is 0. The van der Waals surface area contributed by atoms with E-state index < -0.39 is 0 Å². The molecule has 0 radical (unpaired) electrons. The molecule has 1 rings (SSSR count). The molecule has 0 saturated carbocycles. The fourth-order valence-electron chi connectivity index (χ4n) is 0.854. The Hall–Kier alpha value is -0.0800. The fourth-order valence-corrected chi connectivity index (χ4v) is 0.854. The van der Waals surface area contributed by atoms with Crippen LogP contribution in [-0.4, -0.2) is 19.3 Å². The third-order valence-electron chi connectivity index (χ3n) is 1.31. The standard InChI is InChI=1S/C5H12N2.H2/c1-2-5-6-3-4-7-5;/h5-7H,2-4H2,1H3;1H. The van der Waals surface area contributed by atoms with Crippen LogP contribution in [0.1, 0.15) is 14.8 Å². The van der Waals surface area contributed by atoms with E-state index in [9.17, 15) is 0 Å². The fraction of sp³-hybridized carbons (Fsp3) is 1.00. The van der Waals surface area contributed by atoms with E-state index in [2.05, 4.69) is 17.6 Å². The number of nitrogens with one attached hydrogen (secondary N) is 2. The average Bonchev–Trinajstić information content (AvgIpc) is 2.14. The van der Waals surface area contributed by atoms with E-state index in [0.29, 0.717) is 6.17 Å². The molecule has 2 N–H and O–H groups in total. The Kier molecular flexibility index (Phi) is 1.65. The molecule has 0 atom stereocenters. The first-order valence-corrected chi connectivity index (χ1v) is 2.90. The number of hydrogen-bond acceptors (Lipinski definition) is 2. The third kappa shape index (κ3) is 1.14. The lowest BCUT2D eigenvalue weighted by Gasteiger charge is -2.03. The highest BCUT2D eigenvalue weighted by molar-refractivity contribution is 4.69. The molecular formula is C5H14N2. The predicted molar refractivity (Wildman–Crippen MR) is 32.2 cm³/mol. The zero-order valence-corrected chi connectivity index (χ0v) is 4.70. The van der Waals surface area contributed by atoms with Gasteiger partial charge in [0.15, 0.2) is 0 Å². The molecule has 0 bridgehead atoms. The molecule has 1 aliphatic heterocycles. The van der Waals surface area contributed by atoms with E-state index in [0.717, 1.165) is 13.1 Å². The normalized spacial score (nSPS) is 23.6. The topological polar surface area (TPSA) is 24.1 Å². The second kappa shape index (κ2) is 2.28. The Morgan fingerprint density at radius 3 is 2.43 bits per heavy atom. The lowest BCUT2D eigenvalue weighted by atomic mass is 10.4. The SMILES string of the molecule is CCC1NCCN1.[HH]. The summed E-state index contributed by atoms with van der Waals surface area (Å²) in [6, 6.07) is 0. The highest BCUT2D eigenvalue weighted by Gasteiger charge is 2.07. The summed E-state index contributed by atoms with van der Waals surface area (Å²) in [7, 11) is 0. The Morgan fingerprint density at radius 1 is 1.57 bits per heavy atom. The van der Waals surface area contributed by atoms with Crippen LogP contribution in [0.15, 0.2) is 0 Å². The van der Waals surface area contributed by atoms with Crippen LogP contribution in [-0.2, 0) is 0 Å². The molecule has 0 amide bonds. The molecule has 0 spiro atoms. The van der Waals surface area contributed by atoms with E-state index in [1.165, 1.54) is 6.42 Å². The highest BCUT2D eigenvalue weighted by Crippen LogP contribution is 1.88. The minimum absolute atomic E-state index is 0. The summed E-state index contributed by atoms with van der Waals surface area (Å²) < 4.78 is 0. The molecule has 7 heavy (non-hydrogen) atoms. The molecule has 1 aliphatic rings. The molecule has 0 aromatic heterocycles. The highest BCUT2D eigenvalue weighted by atomic mass is 15.2. The van der Waals surface area contributed by atoms with E-state index >= 15 is 0 Å². The van der Waals surface area contributed by atoms with E-state index in [4.69, 9.17) is 0 Å². The predicted octanol–water partition coefficient (Wildman–Crippen LogP) is 0.161. The van der Waals surface area contributed by atoms with Gasteiger partial charge in [-0.05, 0) is 6.42 Å². The van der Waals surface area contributed by atoms with Gasteiger partial charge in [0.25, 0.3) is 0 Å². The Labute approximate surface area is 45.8 Å². The van der Waals surface area contributed by atoms with Crippen LogP contribution in [0.2, 0.25) is 0 Å². The van der Waals surface area contributed by atoms with Crippen LogP contribution >= 0.6 is 0 Å². The lowest BCUT2D eigenvalue weighted by Crippen LogP contribution is -2.29. The first-order valence-electron chi connectivity index (χ1n) is 2.90. The molecule has 2 nitrogen and oxygen atoms in total. The van der Waals surface area contributed by atoms with E-state index in [1.807, 2.05) is 0 Å². The maximum Gasteiger partial charge on any atom is 0.0569 e. The molecule has 0 aromatic carbocycles. The van der Waals surface area contributed by atoms with Crippen molar-refractivity contribution < 1.29 is 1.43 Å². The summed E-state index contributed by atoms with van der Waals surface area (Å²) >= 11 is 0. The molecular weight excluding hydrogens is 88.1 g/mol. The molecule has 1 saturated heterocycles. The van der Waals surface area contributed by atoms with Gasteiger partial charge < -0.3 is 10.6 Å². The summed E-state index contributed by atoms with van der Waals surface area (Å²) in [6.07, 6.45) is 1.79. The summed E-state index contributed by atoms with van der Waals surface area (Å²) in [6.45, 7) is 4.45. The van der Waals surface area contributed by atoms with Crippen LogP contribution < -0.4 is 10.6 Å². The zero-order valence-electron chi connectivity index (χ0n) is 4.70. The van der Waals surface area contributed by atoms with Gasteiger partial charge in [-0.2, -0.15) is 0 Å². The third-order valence-corrected chi connectivity index (χ3v) is 1.31. The van der Waals surface area contributed by atoms with Gasteiger partial charge in [0.1, 0.15) is 0 Å². The van der Waals surface area contributed by atoms with Gasteiger partial charge >= 0.3 is 0 Å². The van der Waals surface area contributed by atoms with Crippen molar-refractivity contribution in [2.24, 2.45) is 0 Å². The summed E-state index contributed by atoms with van der Waals surface area (Å²) in [5.74, 6) is 0. The monoisotopic (exact) mass is 102 g/mol. The van der Waals surface area contributed by atoms with Crippen molar-refractivity contribution in [1.82, 2.24) is 10.6 Å². The van der Waals surface area contributed by atoms with Gasteiger partial charge in [0.05, 0.1) is 6.17 Å². The molecule has 0 aliphatic carbocycles. The maximum absolute atomic E-state index is 3.30. The van der Waals surface area contributed by atoms with Crippen LogP contribution in [0.5, 0.6) is 0 Å². The number of rotatable bonds is 1. The van der Waals surface area contributed by atoms with Gasteiger partial charge in [-0.15, -0.1) is 0 Å². The molecule has 1 heterocycles. The van der Waals surface area contributed by atoms with Gasteiger partial charge in [-0.25, -0.2) is 0 Å². The van der Waals surface area contributed by atoms with Crippen molar-refractivity contribution in [2.45, 2.75) is 19.5 Å². The minimum atomic E-state index is 0. The smallest absolute Gasteiger partial charge is 0.0569 e. The van der Waals surface area contributed by atoms with Crippen LogP contribution in [0, 0.1) is 0 Å². The van der Waals surface area contributed by atoms with Crippen molar-refractivity contribution in [3.63, 3.8) is 0 Å². The Balaban J connectivity index is 0.000000490. The minimum Gasteiger partial charge on any atom is -0.301 e. The van der Waals surface area contributed by atoms with Gasteiger partial charge in [-0.1, -0.05) is 6.92 Å². The maximum atomic E-state index is 3.30. The second-order valence-corrected chi connectivity index (χ2v) is 1.87. The molecule has 2 heteroatoms. The Bertz CT molecular complexity index is 52.4. The molecule has 44 valence electrons. The summed E-state index contributed by atoms with van der Waals surface area (Å²) in [5.41, 5.74) is 0. The van der Waals surface area contributed by atoms with Crippen LogP contribution in [0.3, 0.4) is 0 Å². The molecule has 0 unspecified atom stereocenters. The van der Waals surface area contributed by atoms with Gasteiger partial charge in [0.2, 0.25) is 0 Å². The van der Waals surface area contributed by atoms with Crippen molar-refractivity contribution in [1.29, 1.82) is 0 Å². The first-order chi connectivity index (χ1) is 3.43. The van der Waals surface area contributed by atoms with E-state index in [-0.39, 0.29) is 1.43 Å². The second-order valence-electron chi connectivity index (χ2n) is 1.87. The zero-order chi connectivity index (χ0) is 5.11. The van der Waals surface area contributed by atoms with E-state index in [1.54, 1.807) is 0 Å². The van der Waals surface area contributed by atoms with Gasteiger partial charge in [-0.3, -0.25) is 0 Å². The molecule has 1 fully saturated rings. The molecule has 0 aromatic rings. The number of hydrogen-bond donors (Lipinski definition) is 2. The summed E-state index contributed by atoms with van der Waals surface area (Å²) in [5, 5.41) is 6.59. The van der Waals surface area contributed by atoms with Crippen molar-refractivity contribution in [2.75, 3.05) is 13.1 Å². The van der Waals surface area contributed by atoms with Gasteiger partial charge in [0, 0.05) is 14.5 Å². The lowest BCUT2D eigenvalue weighted by molar-refractivity contribution is 0.537. The average molecular weight is 102 g/mol. The Morgan fingerprint density at radius 2 is 2.14 bits per heavy atom. The van der Waals surface area contributed by atoms with Crippen LogP contribution in [0.25, 0.3) is 0 Å². The van der Waals surface area contributed by atoms with Crippen molar-refractivity contribution in [3.8, 4) is 0 Å². The van der Waals surface area contributed by atoms with Crippen LogP contribution in [0.4, 0.5) is 0 Å². The van der Waals surface area contributed by atoms with Crippen molar-refractivity contribution in [3.05, 3.63) is 0 Å². The quantitative estimate of drug-likeness (QED) is 0.493.